The Morgan fingerprint density at radius 3 is 2.79 bits per heavy atom. The van der Waals surface area contributed by atoms with Crippen molar-refractivity contribution in [3.8, 4) is 5.75 Å². The normalized spacial score (nSPS) is 20.0. The maximum atomic E-state index is 12.6. The fourth-order valence-electron chi connectivity index (χ4n) is 3.73. The molecule has 154 valence electrons. The zero-order valence-electron chi connectivity index (χ0n) is 16.1. The molecule has 2 unspecified atom stereocenters. The van der Waals surface area contributed by atoms with Gasteiger partial charge >= 0.3 is 0 Å². The number of halogens is 1. The number of carbonyl (C=O) groups excluding carboxylic acids is 2. The molecule has 29 heavy (non-hydrogen) atoms. The van der Waals surface area contributed by atoms with E-state index >= 15 is 0 Å². The summed E-state index contributed by atoms with van der Waals surface area (Å²) in [5.74, 6) is 0.906. The van der Waals surface area contributed by atoms with Gasteiger partial charge in [-0.3, -0.25) is 9.59 Å². The quantitative estimate of drug-likeness (QED) is 0.701. The second-order valence-corrected chi connectivity index (χ2v) is 7.41. The Bertz CT molecular complexity index is 843. The van der Waals surface area contributed by atoms with Gasteiger partial charge in [0.25, 0.3) is 11.8 Å². The molecule has 0 aliphatic carbocycles. The first-order valence-corrected chi connectivity index (χ1v) is 9.83. The number of hydrogen-bond donors (Lipinski definition) is 3. The van der Waals surface area contributed by atoms with Crippen LogP contribution in [0.15, 0.2) is 48.5 Å². The van der Waals surface area contributed by atoms with Gasteiger partial charge in [0.2, 0.25) is 0 Å². The van der Waals surface area contributed by atoms with E-state index in [0.717, 1.165) is 37.2 Å². The molecular weight excluding hydrogens is 390 g/mol. The molecule has 1 saturated heterocycles. The Hall–Kier alpha value is -2.57. The molecule has 3 N–H and O–H groups in total. The molecule has 2 aliphatic heterocycles. The molecule has 2 aromatic rings. The highest BCUT2D eigenvalue weighted by Gasteiger charge is 2.28. The van der Waals surface area contributed by atoms with Gasteiger partial charge in [-0.15, -0.1) is 12.4 Å². The number of amides is 2. The summed E-state index contributed by atoms with van der Waals surface area (Å²) in [6, 6.07) is 14.7. The summed E-state index contributed by atoms with van der Waals surface area (Å²) in [4.78, 5) is 25.0. The van der Waals surface area contributed by atoms with Gasteiger partial charge in [0.1, 0.15) is 5.75 Å². The van der Waals surface area contributed by atoms with Gasteiger partial charge in [0, 0.05) is 24.2 Å². The van der Waals surface area contributed by atoms with Crippen LogP contribution >= 0.6 is 12.4 Å². The predicted octanol–water partition coefficient (Wildman–Crippen LogP) is 2.78. The first-order chi connectivity index (χ1) is 13.7. The predicted molar refractivity (Wildman–Crippen MR) is 115 cm³/mol. The van der Waals surface area contributed by atoms with Crippen molar-refractivity contribution in [3.63, 3.8) is 0 Å². The van der Waals surface area contributed by atoms with Gasteiger partial charge in [-0.25, -0.2) is 0 Å². The van der Waals surface area contributed by atoms with Crippen LogP contribution in [0.1, 0.15) is 28.8 Å². The third-order valence-corrected chi connectivity index (χ3v) is 5.28. The Labute approximate surface area is 176 Å². The lowest BCUT2D eigenvalue weighted by molar-refractivity contribution is -0.122. The molecule has 2 aromatic carbocycles. The first kappa shape index (κ1) is 21.1. The summed E-state index contributed by atoms with van der Waals surface area (Å²) in [5.41, 5.74) is 2.17. The second-order valence-electron chi connectivity index (χ2n) is 7.41. The molecule has 1 fully saturated rings. The number of hydrogen-bond acceptors (Lipinski definition) is 4. The number of benzene rings is 2. The molecule has 0 spiro atoms. The van der Waals surface area contributed by atoms with Crippen molar-refractivity contribution in [2.24, 2.45) is 5.92 Å². The fraction of sp³-hybridized carbons (Fsp3) is 0.364. The maximum Gasteiger partial charge on any atom is 0.265 e. The third kappa shape index (κ3) is 5.28. The Morgan fingerprint density at radius 1 is 1.14 bits per heavy atom. The van der Waals surface area contributed by atoms with Gasteiger partial charge in [0.05, 0.1) is 0 Å². The highest BCUT2D eigenvalue weighted by atomic mass is 35.5. The molecule has 0 aromatic heterocycles. The zero-order valence-corrected chi connectivity index (χ0v) is 17.0. The number of carbonyl (C=O) groups is 2. The summed E-state index contributed by atoms with van der Waals surface area (Å²) in [6.07, 6.45) is 2.29. The van der Waals surface area contributed by atoms with Gasteiger partial charge in [-0.1, -0.05) is 24.3 Å². The molecule has 2 aliphatic rings. The molecule has 0 bridgehead atoms. The number of para-hydroxylation sites is 1. The van der Waals surface area contributed by atoms with E-state index in [2.05, 4.69) is 16.0 Å². The van der Waals surface area contributed by atoms with Crippen LogP contribution in [-0.4, -0.2) is 37.6 Å². The minimum absolute atomic E-state index is 0. The van der Waals surface area contributed by atoms with Crippen molar-refractivity contribution in [1.82, 2.24) is 10.6 Å². The second kappa shape index (κ2) is 9.76. The van der Waals surface area contributed by atoms with Crippen molar-refractivity contribution < 1.29 is 14.3 Å². The highest BCUT2D eigenvalue weighted by molar-refractivity contribution is 5.98. The largest absolute Gasteiger partial charge is 0.480 e. The monoisotopic (exact) mass is 415 g/mol. The summed E-state index contributed by atoms with van der Waals surface area (Å²) in [5, 5.41) is 9.22. The summed E-state index contributed by atoms with van der Waals surface area (Å²) in [7, 11) is 0. The highest BCUT2D eigenvalue weighted by Crippen LogP contribution is 2.28. The van der Waals surface area contributed by atoms with Crippen molar-refractivity contribution >= 4 is 29.9 Å². The van der Waals surface area contributed by atoms with Crippen LogP contribution < -0.4 is 20.7 Å². The third-order valence-electron chi connectivity index (χ3n) is 5.28. The molecule has 0 saturated carbocycles. The van der Waals surface area contributed by atoms with E-state index in [1.807, 2.05) is 24.3 Å². The van der Waals surface area contributed by atoms with Crippen LogP contribution in [0.2, 0.25) is 0 Å². The lowest BCUT2D eigenvalue weighted by Gasteiger charge is -2.22. The molecular formula is C22H26ClN3O3. The van der Waals surface area contributed by atoms with Crippen LogP contribution in [0.3, 0.4) is 0 Å². The molecule has 2 atom stereocenters. The smallest absolute Gasteiger partial charge is 0.265 e. The van der Waals surface area contributed by atoms with Crippen LogP contribution in [0.4, 0.5) is 5.69 Å². The summed E-state index contributed by atoms with van der Waals surface area (Å²) in [6.45, 7) is 2.67. The molecule has 2 amide bonds. The van der Waals surface area contributed by atoms with Crippen molar-refractivity contribution in [3.05, 3.63) is 59.7 Å². The van der Waals surface area contributed by atoms with E-state index in [9.17, 15) is 9.59 Å². The van der Waals surface area contributed by atoms with Crippen LogP contribution in [0, 0.1) is 5.92 Å². The zero-order chi connectivity index (χ0) is 19.3. The van der Waals surface area contributed by atoms with Crippen molar-refractivity contribution in [2.75, 3.05) is 25.0 Å². The average molecular weight is 416 g/mol. The molecule has 2 heterocycles. The number of nitrogens with one attached hydrogen (secondary N) is 3. The molecule has 6 nitrogen and oxygen atoms in total. The Morgan fingerprint density at radius 2 is 2.00 bits per heavy atom. The molecule has 0 radical (unpaired) electrons. The molecule has 7 heteroatoms. The summed E-state index contributed by atoms with van der Waals surface area (Å²) < 4.78 is 5.73. The summed E-state index contributed by atoms with van der Waals surface area (Å²) >= 11 is 0. The number of fused-ring (bicyclic) bond motifs is 1. The van der Waals surface area contributed by atoms with E-state index in [1.165, 1.54) is 0 Å². The van der Waals surface area contributed by atoms with Crippen molar-refractivity contribution in [2.45, 2.75) is 25.4 Å². The van der Waals surface area contributed by atoms with Crippen LogP contribution in [0.25, 0.3) is 0 Å². The lowest BCUT2D eigenvalue weighted by Crippen LogP contribution is -2.38. The lowest BCUT2D eigenvalue weighted by atomic mass is 9.99. The standard InChI is InChI=1S/C22H25N3O3.ClH/c26-21(24-14-15-5-4-10-23-13-15)17-7-3-8-18(11-17)25-22(27)20-12-16-6-1-2-9-19(16)28-20;/h1-3,6-9,11,15,20,23H,4-5,10,12-14H2,(H,24,26)(H,25,27);1H. The van der Waals surface area contributed by atoms with E-state index in [-0.39, 0.29) is 24.2 Å². The van der Waals surface area contributed by atoms with E-state index in [0.29, 0.717) is 30.1 Å². The number of piperidine rings is 1. The first-order valence-electron chi connectivity index (χ1n) is 9.83. The van der Waals surface area contributed by atoms with E-state index < -0.39 is 6.10 Å². The Kier molecular flexibility index (Phi) is 7.12. The number of anilines is 1. The number of rotatable bonds is 5. The molecule has 4 rings (SSSR count). The SMILES string of the molecule is Cl.O=C(NCC1CCCNC1)c1cccc(NC(=O)C2Cc3ccccc3O2)c1. The van der Waals surface area contributed by atoms with E-state index in [4.69, 9.17) is 4.74 Å². The van der Waals surface area contributed by atoms with Gasteiger partial charge in [-0.2, -0.15) is 0 Å². The maximum absolute atomic E-state index is 12.6. The van der Waals surface area contributed by atoms with E-state index in [1.54, 1.807) is 24.3 Å². The average Bonchev–Trinajstić information content (AvgIpc) is 3.17. The van der Waals surface area contributed by atoms with Gasteiger partial charge in [-0.05, 0) is 61.7 Å². The minimum Gasteiger partial charge on any atom is -0.480 e. The van der Waals surface area contributed by atoms with Gasteiger partial charge in [0.15, 0.2) is 6.10 Å². The number of ether oxygens (including phenoxy) is 1. The Balaban J connectivity index is 0.00000240. The minimum atomic E-state index is -0.548. The van der Waals surface area contributed by atoms with Crippen LogP contribution in [-0.2, 0) is 11.2 Å². The topological polar surface area (TPSA) is 79.5 Å². The van der Waals surface area contributed by atoms with Crippen LogP contribution in [0.5, 0.6) is 5.75 Å². The van der Waals surface area contributed by atoms with Gasteiger partial charge < -0.3 is 20.7 Å². The van der Waals surface area contributed by atoms with Crippen molar-refractivity contribution in [1.29, 1.82) is 0 Å². The fourth-order valence-corrected chi connectivity index (χ4v) is 3.73.